The first kappa shape index (κ1) is 20.4. The summed E-state index contributed by atoms with van der Waals surface area (Å²) in [5.41, 5.74) is 2.13. The van der Waals surface area contributed by atoms with E-state index in [1.54, 1.807) is 0 Å². The fourth-order valence-electron chi connectivity index (χ4n) is 3.54. The van der Waals surface area contributed by atoms with Gasteiger partial charge < -0.3 is 10.2 Å². The summed E-state index contributed by atoms with van der Waals surface area (Å²) in [7, 11) is 0. The molecule has 148 valence electrons. The Bertz CT molecular complexity index is 804. The van der Waals surface area contributed by atoms with Crippen LogP contribution in [0.15, 0.2) is 54.6 Å². The monoisotopic (exact) mass is 399 g/mol. The van der Waals surface area contributed by atoms with Gasteiger partial charge in [0.2, 0.25) is 11.8 Å². The number of hydrogen-bond donors (Lipinski definition) is 1. The molecule has 5 nitrogen and oxygen atoms in total. The molecule has 3 rings (SSSR count). The second kappa shape index (κ2) is 9.71. The van der Waals surface area contributed by atoms with Gasteiger partial charge in [-0.2, -0.15) is 0 Å². The number of amides is 2. The van der Waals surface area contributed by atoms with E-state index < -0.39 is 0 Å². The summed E-state index contributed by atoms with van der Waals surface area (Å²) in [4.78, 5) is 28.6. The van der Waals surface area contributed by atoms with E-state index in [1.807, 2.05) is 53.4 Å². The standard InChI is InChI=1S/C22H26ClN3O2/c1-17(27)24-21(19-7-3-2-4-8-19)15-22(28)26-12-10-25(11-13-26)16-18-6-5-9-20(23)14-18/h2-9,14,21H,10-13,15-16H2,1H3,(H,24,27). The summed E-state index contributed by atoms with van der Waals surface area (Å²) in [5.74, 6) is -0.0574. The largest absolute Gasteiger partial charge is 0.349 e. The highest BCUT2D eigenvalue weighted by molar-refractivity contribution is 6.30. The first-order chi connectivity index (χ1) is 13.5. The molecule has 0 saturated carbocycles. The number of hydrogen-bond acceptors (Lipinski definition) is 3. The maximum absolute atomic E-state index is 12.8. The molecule has 1 aliphatic heterocycles. The molecule has 1 aliphatic rings. The van der Waals surface area contributed by atoms with Gasteiger partial charge in [0.15, 0.2) is 0 Å². The minimum absolute atomic E-state index is 0.0741. The number of carbonyl (C=O) groups excluding carboxylic acids is 2. The van der Waals surface area contributed by atoms with Crippen LogP contribution in [0.25, 0.3) is 0 Å². The predicted molar refractivity (Wildman–Crippen MR) is 111 cm³/mol. The van der Waals surface area contributed by atoms with Crippen LogP contribution in [0.2, 0.25) is 5.02 Å². The highest BCUT2D eigenvalue weighted by Gasteiger charge is 2.24. The predicted octanol–water partition coefficient (Wildman–Crippen LogP) is 3.25. The van der Waals surface area contributed by atoms with Crippen molar-refractivity contribution in [3.05, 3.63) is 70.7 Å². The molecular weight excluding hydrogens is 374 g/mol. The van der Waals surface area contributed by atoms with Crippen molar-refractivity contribution in [1.29, 1.82) is 0 Å². The number of benzene rings is 2. The molecule has 1 saturated heterocycles. The van der Waals surface area contributed by atoms with Gasteiger partial charge in [-0.15, -0.1) is 0 Å². The van der Waals surface area contributed by atoms with Crippen molar-refractivity contribution in [3.8, 4) is 0 Å². The Morgan fingerprint density at radius 1 is 1.04 bits per heavy atom. The van der Waals surface area contributed by atoms with E-state index in [0.29, 0.717) is 13.1 Å². The molecule has 2 aromatic rings. The van der Waals surface area contributed by atoms with E-state index in [4.69, 9.17) is 11.6 Å². The first-order valence-corrected chi connectivity index (χ1v) is 9.95. The summed E-state index contributed by atoms with van der Waals surface area (Å²) in [6, 6.07) is 17.2. The molecule has 0 radical (unpaired) electrons. The number of rotatable bonds is 6. The highest BCUT2D eigenvalue weighted by Crippen LogP contribution is 2.19. The summed E-state index contributed by atoms with van der Waals surface area (Å²) in [6.07, 6.45) is 0.276. The third kappa shape index (κ3) is 5.81. The molecule has 0 bridgehead atoms. The van der Waals surface area contributed by atoms with Crippen LogP contribution in [0.1, 0.15) is 30.5 Å². The van der Waals surface area contributed by atoms with Gasteiger partial charge in [-0.3, -0.25) is 14.5 Å². The Labute approximate surface area is 171 Å². The number of nitrogens with zero attached hydrogens (tertiary/aromatic N) is 2. The molecule has 2 aromatic carbocycles. The zero-order valence-electron chi connectivity index (χ0n) is 16.1. The molecule has 0 spiro atoms. The smallest absolute Gasteiger partial charge is 0.225 e. The summed E-state index contributed by atoms with van der Waals surface area (Å²) < 4.78 is 0. The molecule has 1 N–H and O–H groups in total. The number of carbonyl (C=O) groups is 2. The Morgan fingerprint density at radius 2 is 1.75 bits per heavy atom. The number of piperazine rings is 1. The molecule has 1 unspecified atom stereocenters. The van der Waals surface area contributed by atoms with E-state index in [1.165, 1.54) is 12.5 Å². The van der Waals surface area contributed by atoms with E-state index in [0.717, 1.165) is 30.2 Å². The van der Waals surface area contributed by atoms with E-state index in [2.05, 4.69) is 16.3 Å². The lowest BCUT2D eigenvalue weighted by molar-refractivity contribution is -0.133. The zero-order chi connectivity index (χ0) is 19.9. The van der Waals surface area contributed by atoms with Gasteiger partial charge in [-0.25, -0.2) is 0 Å². The van der Waals surface area contributed by atoms with Crippen LogP contribution in [0.4, 0.5) is 0 Å². The minimum Gasteiger partial charge on any atom is -0.349 e. The Hall–Kier alpha value is -2.37. The summed E-state index contributed by atoms with van der Waals surface area (Å²) in [6.45, 7) is 5.36. The molecule has 0 aromatic heterocycles. The average Bonchev–Trinajstić information content (AvgIpc) is 2.68. The zero-order valence-corrected chi connectivity index (χ0v) is 16.9. The maximum Gasteiger partial charge on any atom is 0.225 e. The molecule has 2 amide bonds. The average molecular weight is 400 g/mol. The number of halogens is 1. The fourth-order valence-corrected chi connectivity index (χ4v) is 3.75. The summed E-state index contributed by atoms with van der Waals surface area (Å²) >= 11 is 6.06. The Morgan fingerprint density at radius 3 is 2.39 bits per heavy atom. The lowest BCUT2D eigenvalue weighted by Crippen LogP contribution is -2.49. The van der Waals surface area contributed by atoms with Crippen molar-refractivity contribution in [2.24, 2.45) is 0 Å². The second-order valence-corrected chi connectivity index (χ2v) is 7.59. The Kier molecular flexibility index (Phi) is 7.06. The van der Waals surface area contributed by atoms with Gasteiger partial charge in [0.05, 0.1) is 12.5 Å². The molecule has 1 atom stereocenters. The molecular formula is C22H26ClN3O2. The summed E-state index contributed by atoms with van der Waals surface area (Å²) in [5, 5.41) is 3.65. The maximum atomic E-state index is 12.8. The lowest BCUT2D eigenvalue weighted by atomic mass is 10.0. The number of nitrogens with one attached hydrogen (secondary N) is 1. The van der Waals surface area contributed by atoms with Crippen LogP contribution in [0.5, 0.6) is 0 Å². The van der Waals surface area contributed by atoms with Crippen LogP contribution in [0.3, 0.4) is 0 Å². The Balaban J connectivity index is 1.54. The molecule has 1 fully saturated rings. The molecule has 6 heteroatoms. The van der Waals surface area contributed by atoms with Crippen molar-refractivity contribution in [1.82, 2.24) is 15.1 Å². The van der Waals surface area contributed by atoms with Gasteiger partial charge in [0.25, 0.3) is 0 Å². The minimum atomic E-state index is -0.296. The van der Waals surface area contributed by atoms with Crippen LogP contribution < -0.4 is 5.32 Å². The third-order valence-electron chi connectivity index (χ3n) is 4.98. The van der Waals surface area contributed by atoms with Crippen LogP contribution >= 0.6 is 11.6 Å². The van der Waals surface area contributed by atoms with Crippen molar-refractivity contribution < 1.29 is 9.59 Å². The van der Waals surface area contributed by atoms with Crippen molar-refractivity contribution in [2.75, 3.05) is 26.2 Å². The van der Waals surface area contributed by atoms with Gasteiger partial charge in [0, 0.05) is 44.7 Å². The van der Waals surface area contributed by atoms with E-state index in [9.17, 15) is 9.59 Å². The molecule has 1 heterocycles. The highest BCUT2D eigenvalue weighted by atomic mass is 35.5. The van der Waals surface area contributed by atoms with Crippen molar-refractivity contribution in [3.63, 3.8) is 0 Å². The normalized spacial score (nSPS) is 15.9. The quantitative estimate of drug-likeness (QED) is 0.811. The van der Waals surface area contributed by atoms with Gasteiger partial charge in [-0.05, 0) is 23.3 Å². The fraction of sp³-hybridized carbons (Fsp3) is 0.364. The second-order valence-electron chi connectivity index (χ2n) is 7.15. The first-order valence-electron chi connectivity index (χ1n) is 9.58. The van der Waals surface area contributed by atoms with Gasteiger partial charge >= 0.3 is 0 Å². The van der Waals surface area contributed by atoms with Gasteiger partial charge in [-0.1, -0.05) is 54.1 Å². The molecule has 28 heavy (non-hydrogen) atoms. The van der Waals surface area contributed by atoms with Crippen LogP contribution in [0, 0.1) is 0 Å². The molecule has 0 aliphatic carbocycles. The van der Waals surface area contributed by atoms with Gasteiger partial charge in [0.1, 0.15) is 0 Å². The topological polar surface area (TPSA) is 52.7 Å². The van der Waals surface area contributed by atoms with Crippen molar-refractivity contribution in [2.45, 2.75) is 25.9 Å². The SMILES string of the molecule is CC(=O)NC(CC(=O)N1CCN(Cc2cccc(Cl)c2)CC1)c1ccccc1. The van der Waals surface area contributed by atoms with Crippen LogP contribution in [-0.2, 0) is 16.1 Å². The van der Waals surface area contributed by atoms with Crippen LogP contribution in [-0.4, -0.2) is 47.8 Å². The lowest BCUT2D eigenvalue weighted by Gasteiger charge is -2.35. The van der Waals surface area contributed by atoms with E-state index >= 15 is 0 Å². The third-order valence-corrected chi connectivity index (χ3v) is 5.21. The van der Waals surface area contributed by atoms with Crippen molar-refractivity contribution >= 4 is 23.4 Å². The van der Waals surface area contributed by atoms with E-state index in [-0.39, 0.29) is 24.3 Å².